The molecule has 0 aliphatic carbocycles. The summed E-state index contributed by atoms with van der Waals surface area (Å²) >= 11 is 3.47. The van der Waals surface area contributed by atoms with Crippen LogP contribution in [0.1, 0.15) is 25.3 Å². The van der Waals surface area contributed by atoms with Crippen molar-refractivity contribution in [1.82, 2.24) is 4.90 Å². The molecule has 20 heavy (non-hydrogen) atoms. The van der Waals surface area contributed by atoms with E-state index in [1.54, 1.807) is 7.11 Å². The topological polar surface area (TPSA) is 49.8 Å². The Bertz CT molecular complexity index is 492. The summed E-state index contributed by atoms with van der Waals surface area (Å²) in [7, 11) is 1.66. The van der Waals surface area contributed by atoms with Crippen LogP contribution in [-0.2, 0) is 11.3 Å². The van der Waals surface area contributed by atoms with Crippen molar-refractivity contribution in [2.24, 2.45) is 5.92 Å². The number of carbonyl (C=O) groups is 1. The Morgan fingerprint density at radius 1 is 1.55 bits per heavy atom. The fourth-order valence-electron chi connectivity index (χ4n) is 2.86. The van der Waals surface area contributed by atoms with Crippen LogP contribution < -0.4 is 4.74 Å². The molecule has 2 rings (SSSR count). The second-order valence-corrected chi connectivity index (χ2v) is 6.17. The van der Waals surface area contributed by atoms with E-state index >= 15 is 0 Å². The van der Waals surface area contributed by atoms with Gasteiger partial charge in [0, 0.05) is 22.6 Å². The maximum atomic E-state index is 11.3. The largest absolute Gasteiger partial charge is 0.496 e. The molecule has 0 spiro atoms. The number of carboxylic acid groups (broad SMARTS) is 1. The van der Waals surface area contributed by atoms with Gasteiger partial charge in [-0.3, -0.25) is 9.69 Å². The minimum absolute atomic E-state index is 0.0462. The molecule has 0 aromatic heterocycles. The molecular weight excluding hydrogens is 322 g/mol. The van der Waals surface area contributed by atoms with Gasteiger partial charge in [-0.1, -0.05) is 15.9 Å². The zero-order valence-electron chi connectivity index (χ0n) is 11.8. The zero-order chi connectivity index (χ0) is 14.7. The van der Waals surface area contributed by atoms with E-state index in [0.29, 0.717) is 6.54 Å². The maximum Gasteiger partial charge on any atom is 0.308 e. The number of nitrogens with zero attached hydrogens (tertiary/aromatic N) is 1. The lowest BCUT2D eigenvalue weighted by atomic mass is 9.90. The summed E-state index contributed by atoms with van der Waals surface area (Å²) in [6, 6.07) is 5.96. The van der Waals surface area contributed by atoms with Gasteiger partial charge >= 0.3 is 5.97 Å². The van der Waals surface area contributed by atoms with Crippen molar-refractivity contribution in [2.75, 3.05) is 13.7 Å². The van der Waals surface area contributed by atoms with Crippen LogP contribution >= 0.6 is 15.9 Å². The van der Waals surface area contributed by atoms with Gasteiger partial charge < -0.3 is 9.84 Å². The van der Waals surface area contributed by atoms with Gasteiger partial charge in [-0.2, -0.15) is 0 Å². The summed E-state index contributed by atoms with van der Waals surface area (Å²) in [4.78, 5) is 13.5. The van der Waals surface area contributed by atoms with Crippen molar-refractivity contribution in [2.45, 2.75) is 32.4 Å². The van der Waals surface area contributed by atoms with Crippen LogP contribution in [0.4, 0.5) is 0 Å². The Balaban J connectivity index is 2.16. The van der Waals surface area contributed by atoms with E-state index in [-0.39, 0.29) is 12.0 Å². The van der Waals surface area contributed by atoms with E-state index in [1.807, 2.05) is 25.1 Å². The fraction of sp³-hybridized carbons (Fsp3) is 0.533. The summed E-state index contributed by atoms with van der Waals surface area (Å²) in [6.07, 6.45) is 1.69. The van der Waals surface area contributed by atoms with Crippen LogP contribution in [0.3, 0.4) is 0 Å². The van der Waals surface area contributed by atoms with Crippen LogP contribution in [0, 0.1) is 5.92 Å². The average Bonchev–Trinajstić information content (AvgIpc) is 2.41. The molecule has 0 radical (unpaired) electrons. The Morgan fingerprint density at radius 2 is 2.30 bits per heavy atom. The predicted octanol–water partition coefficient (Wildman–Crippen LogP) is 3.14. The molecule has 1 fully saturated rings. The highest BCUT2D eigenvalue weighted by Crippen LogP contribution is 2.29. The standard InChI is InChI=1S/C15H20BrNO3/c1-10-13(15(18)19)4-3-7-17(10)9-11-8-12(16)5-6-14(11)20-2/h5-6,8,10,13H,3-4,7,9H2,1-2H3,(H,18,19)/t10-,13-/m0/s1. The third kappa shape index (κ3) is 3.33. The molecule has 0 bridgehead atoms. The Labute approximate surface area is 127 Å². The normalized spacial score (nSPS) is 23.6. The van der Waals surface area contributed by atoms with E-state index in [9.17, 15) is 9.90 Å². The Kier molecular flexibility index (Phi) is 5.05. The molecule has 2 atom stereocenters. The Morgan fingerprint density at radius 3 is 2.95 bits per heavy atom. The minimum atomic E-state index is -0.691. The molecular formula is C15H20BrNO3. The third-order valence-electron chi connectivity index (χ3n) is 4.05. The van der Waals surface area contributed by atoms with Gasteiger partial charge in [0.1, 0.15) is 5.75 Å². The van der Waals surface area contributed by atoms with Crippen molar-refractivity contribution < 1.29 is 14.6 Å². The number of methoxy groups -OCH3 is 1. The highest BCUT2D eigenvalue weighted by atomic mass is 79.9. The van der Waals surface area contributed by atoms with Crippen LogP contribution in [0.25, 0.3) is 0 Å². The van der Waals surface area contributed by atoms with Crippen molar-refractivity contribution in [3.05, 3.63) is 28.2 Å². The van der Waals surface area contributed by atoms with Crippen molar-refractivity contribution in [3.63, 3.8) is 0 Å². The monoisotopic (exact) mass is 341 g/mol. The summed E-state index contributed by atoms with van der Waals surface area (Å²) in [5, 5.41) is 9.28. The lowest BCUT2D eigenvalue weighted by Gasteiger charge is -2.37. The molecule has 0 unspecified atom stereocenters. The van der Waals surface area contributed by atoms with E-state index in [4.69, 9.17) is 4.74 Å². The first-order valence-corrected chi connectivity index (χ1v) is 7.61. The molecule has 1 aromatic rings. The van der Waals surface area contributed by atoms with Crippen molar-refractivity contribution >= 4 is 21.9 Å². The first kappa shape index (κ1) is 15.3. The van der Waals surface area contributed by atoms with Crippen LogP contribution in [-0.4, -0.2) is 35.7 Å². The number of hydrogen-bond acceptors (Lipinski definition) is 3. The molecule has 1 aliphatic rings. The molecule has 0 amide bonds. The molecule has 4 nitrogen and oxygen atoms in total. The smallest absolute Gasteiger partial charge is 0.308 e. The molecule has 1 N–H and O–H groups in total. The molecule has 110 valence electrons. The maximum absolute atomic E-state index is 11.3. The minimum Gasteiger partial charge on any atom is -0.496 e. The van der Waals surface area contributed by atoms with E-state index in [2.05, 4.69) is 20.8 Å². The van der Waals surface area contributed by atoms with E-state index < -0.39 is 5.97 Å². The van der Waals surface area contributed by atoms with Gasteiger partial charge in [-0.05, 0) is 44.5 Å². The number of carboxylic acids is 1. The fourth-order valence-corrected chi connectivity index (χ4v) is 3.26. The second-order valence-electron chi connectivity index (χ2n) is 5.25. The van der Waals surface area contributed by atoms with Gasteiger partial charge in [0.15, 0.2) is 0 Å². The molecule has 5 heteroatoms. The number of ether oxygens (including phenoxy) is 1. The van der Waals surface area contributed by atoms with Gasteiger partial charge in [0.25, 0.3) is 0 Å². The highest BCUT2D eigenvalue weighted by Gasteiger charge is 2.33. The Hall–Kier alpha value is -1.07. The van der Waals surface area contributed by atoms with Gasteiger partial charge in [0.2, 0.25) is 0 Å². The number of rotatable bonds is 4. The number of aliphatic carboxylic acids is 1. The van der Waals surface area contributed by atoms with Crippen LogP contribution in [0.2, 0.25) is 0 Å². The van der Waals surface area contributed by atoms with E-state index in [1.165, 1.54) is 0 Å². The lowest BCUT2D eigenvalue weighted by molar-refractivity contribution is -0.145. The number of likely N-dealkylation sites (tertiary alicyclic amines) is 1. The summed E-state index contributed by atoms with van der Waals surface area (Å²) in [6.45, 7) is 3.65. The second kappa shape index (κ2) is 6.59. The zero-order valence-corrected chi connectivity index (χ0v) is 13.4. The van der Waals surface area contributed by atoms with Crippen molar-refractivity contribution in [1.29, 1.82) is 0 Å². The SMILES string of the molecule is COc1ccc(Br)cc1CN1CCC[C@H](C(=O)O)[C@@H]1C. The quantitative estimate of drug-likeness (QED) is 0.913. The summed E-state index contributed by atoms with van der Waals surface area (Å²) in [5.41, 5.74) is 1.08. The lowest BCUT2D eigenvalue weighted by Crippen LogP contribution is -2.45. The molecule has 1 heterocycles. The number of piperidine rings is 1. The highest BCUT2D eigenvalue weighted by molar-refractivity contribution is 9.10. The first-order valence-electron chi connectivity index (χ1n) is 6.82. The van der Waals surface area contributed by atoms with Gasteiger partial charge in [-0.25, -0.2) is 0 Å². The number of benzene rings is 1. The third-order valence-corrected chi connectivity index (χ3v) is 4.55. The molecule has 1 aromatic carbocycles. The summed E-state index contributed by atoms with van der Waals surface area (Å²) < 4.78 is 6.39. The predicted molar refractivity (Wildman–Crippen MR) is 80.9 cm³/mol. The van der Waals surface area contributed by atoms with Gasteiger partial charge in [0.05, 0.1) is 13.0 Å². The number of halogens is 1. The average molecular weight is 342 g/mol. The number of hydrogen-bond donors (Lipinski definition) is 1. The van der Waals surface area contributed by atoms with Crippen LogP contribution in [0.15, 0.2) is 22.7 Å². The molecule has 0 saturated carbocycles. The molecule has 1 aliphatic heterocycles. The van der Waals surface area contributed by atoms with E-state index in [0.717, 1.165) is 35.2 Å². The van der Waals surface area contributed by atoms with Crippen molar-refractivity contribution in [3.8, 4) is 5.75 Å². The van der Waals surface area contributed by atoms with Gasteiger partial charge in [-0.15, -0.1) is 0 Å². The first-order chi connectivity index (χ1) is 9.52. The van der Waals surface area contributed by atoms with Crippen LogP contribution in [0.5, 0.6) is 5.75 Å². The summed E-state index contributed by atoms with van der Waals surface area (Å²) in [5.74, 6) is -0.122. The molecule has 1 saturated heterocycles.